The van der Waals surface area contributed by atoms with Crippen molar-refractivity contribution in [2.45, 2.75) is 50.9 Å². The molecule has 0 bridgehead atoms. The molecule has 2 N–H and O–H groups in total. The topological polar surface area (TPSA) is 86.7 Å². The fourth-order valence-corrected chi connectivity index (χ4v) is 3.15. The summed E-state index contributed by atoms with van der Waals surface area (Å²) < 4.78 is 1.67. The van der Waals surface area contributed by atoms with Crippen LogP contribution in [0.25, 0.3) is 5.95 Å². The van der Waals surface area contributed by atoms with Crippen molar-refractivity contribution >= 4 is 5.91 Å². The van der Waals surface area contributed by atoms with Crippen molar-refractivity contribution in [1.29, 1.82) is 0 Å². The SMILES string of the molecule is NC(=O)c1nc(-n2ccnc2)ncc1C1CCCCCCC1. The van der Waals surface area contributed by atoms with Crippen molar-refractivity contribution in [1.82, 2.24) is 19.5 Å². The van der Waals surface area contributed by atoms with Crippen LogP contribution in [-0.2, 0) is 0 Å². The maximum atomic E-state index is 11.8. The first-order valence-corrected chi connectivity index (χ1v) is 7.91. The number of primary amides is 1. The van der Waals surface area contributed by atoms with Crippen molar-refractivity contribution < 1.29 is 4.79 Å². The van der Waals surface area contributed by atoms with E-state index in [4.69, 9.17) is 5.73 Å². The summed E-state index contributed by atoms with van der Waals surface area (Å²) >= 11 is 0. The van der Waals surface area contributed by atoms with Gasteiger partial charge in [0.05, 0.1) is 0 Å². The van der Waals surface area contributed by atoms with Crippen molar-refractivity contribution in [2.24, 2.45) is 5.73 Å². The van der Waals surface area contributed by atoms with E-state index >= 15 is 0 Å². The number of nitrogens with two attached hydrogens (primary N) is 1. The maximum Gasteiger partial charge on any atom is 0.267 e. The lowest BCUT2D eigenvalue weighted by molar-refractivity contribution is 0.0993. The highest BCUT2D eigenvalue weighted by Gasteiger charge is 2.21. The first-order chi connectivity index (χ1) is 10.8. The predicted molar refractivity (Wildman–Crippen MR) is 82.7 cm³/mol. The Kier molecular flexibility index (Phi) is 4.46. The molecule has 2 aromatic rings. The molecule has 6 nitrogen and oxygen atoms in total. The molecule has 0 aromatic carbocycles. The molecule has 0 aliphatic heterocycles. The van der Waals surface area contributed by atoms with Crippen LogP contribution in [0.3, 0.4) is 0 Å². The molecule has 1 fully saturated rings. The van der Waals surface area contributed by atoms with E-state index < -0.39 is 5.91 Å². The summed E-state index contributed by atoms with van der Waals surface area (Å²) in [6.45, 7) is 0. The third-order valence-electron chi connectivity index (χ3n) is 4.32. The van der Waals surface area contributed by atoms with Gasteiger partial charge in [-0.05, 0) is 18.8 Å². The molecule has 0 atom stereocenters. The van der Waals surface area contributed by atoms with E-state index in [-0.39, 0.29) is 0 Å². The number of carbonyl (C=O) groups excluding carboxylic acids is 1. The second-order valence-electron chi connectivity index (χ2n) is 5.85. The van der Waals surface area contributed by atoms with E-state index in [0.717, 1.165) is 18.4 Å². The number of hydrogen-bond donors (Lipinski definition) is 1. The van der Waals surface area contributed by atoms with E-state index in [1.807, 2.05) is 0 Å². The first kappa shape index (κ1) is 14.7. The lowest BCUT2D eigenvalue weighted by Gasteiger charge is -2.21. The number of rotatable bonds is 3. The van der Waals surface area contributed by atoms with Crippen LogP contribution in [0.15, 0.2) is 24.9 Å². The van der Waals surface area contributed by atoms with Crippen LogP contribution in [0.5, 0.6) is 0 Å². The predicted octanol–water partition coefficient (Wildman–Crippen LogP) is 2.59. The van der Waals surface area contributed by atoms with Crippen LogP contribution in [-0.4, -0.2) is 25.4 Å². The van der Waals surface area contributed by atoms with Gasteiger partial charge in [-0.1, -0.05) is 32.1 Å². The van der Waals surface area contributed by atoms with Crippen molar-refractivity contribution in [3.63, 3.8) is 0 Å². The standard InChI is InChI=1S/C16H21N5O/c17-15(22)14-13(12-6-4-2-1-3-5-7-12)10-19-16(20-14)21-9-8-18-11-21/h8-12H,1-7H2,(H2,17,22). The summed E-state index contributed by atoms with van der Waals surface area (Å²) in [6.07, 6.45) is 15.1. The molecule has 1 aliphatic carbocycles. The lowest BCUT2D eigenvalue weighted by Crippen LogP contribution is -2.20. The average Bonchev–Trinajstić information content (AvgIpc) is 3.01. The third kappa shape index (κ3) is 3.16. The summed E-state index contributed by atoms with van der Waals surface area (Å²) in [6, 6.07) is 0. The second kappa shape index (κ2) is 6.68. The molecule has 0 saturated heterocycles. The summed E-state index contributed by atoms with van der Waals surface area (Å²) in [5, 5.41) is 0. The van der Waals surface area contributed by atoms with Gasteiger partial charge >= 0.3 is 0 Å². The van der Waals surface area contributed by atoms with Crippen LogP contribution in [0.2, 0.25) is 0 Å². The minimum Gasteiger partial charge on any atom is -0.364 e. The molecule has 2 heterocycles. The van der Waals surface area contributed by atoms with Gasteiger partial charge < -0.3 is 5.73 Å². The van der Waals surface area contributed by atoms with E-state index in [2.05, 4.69) is 15.0 Å². The zero-order chi connectivity index (χ0) is 15.4. The lowest BCUT2D eigenvalue weighted by atomic mass is 9.86. The summed E-state index contributed by atoms with van der Waals surface area (Å²) in [5.74, 6) is 0.279. The molecule has 3 rings (SSSR count). The molecule has 6 heteroatoms. The highest BCUT2D eigenvalue weighted by molar-refractivity contribution is 5.92. The molecule has 0 unspecified atom stereocenters. The summed E-state index contributed by atoms with van der Waals surface area (Å²) in [7, 11) is 0. The molecule has 1 saturated carbocycles. The zero-order valence-corrected chi connectivity index (χ0v) is 12.6. The Bertz CT molecular complexity index is 630. The molecule has 22 heavy (non-hydrogen) atoms. The van der Waals surface area contributed by atoms with Gasteiger partial charge in [0.15, 0.2) is 0 Å². The Morgan fingerprint density at radius 2 is 1.91 bits per heavy atom. The van der Waals surface area contributed by atoms with E-state index in [1.165, 1.54) is 32.1 Å². The van der Waals surface area contributed by atoms with Crippen molar-refractivity contribution in [2.75, 3.05) is 0 Å². The number of carbonyl (C=O) groups is 1. The van der Waals surface area contributed by atoms with E-state index in [1.54, 1.807) is 29.5 Å². The average molecular weight is 299 g/mol. The van der Waals surface area contributed by atoms with Crippen molar-refractivity contribution in [3.8, 4) is 5.95 Å². The Labute approximate surface area is 129 Å². The molecule has 0 spiro atoms. The minimum absolute atomic E-state index is 0.333. The normalized spacial score (nSPS) is 16.9. The van der Waals surface area contributed by atoms with Crippen LogP contribution < -0.4 is 5.73 Å². The van der Waals surface area contributed by atoms with Gasteiger partial charge in [0.25, 0.3) is 5.91 Å². The molecule has 116 valence electrons. The minimum atomic E-state index is -0.485. The maximum absolute atomic E-state index is 11.8. The quantitative estimate of drug-likeness (QED) is 0.943. The summed E-state index contributed by atoms with van der Waals surface area (Å²) in [4.78, 5) is 24.6. The second-order valence-corrected chi connectivity index (χ2v) is 5.85. The van der Waals surface area contributed by atoms with Gasteiger partial charge in [-0.25, -0.2) is 15.0 Å². The molecule has 1 amide bonds. The monoisotopic (exact) mass is 299 g/mol. The Morgan fingerprint density at radius 1 is 1.18 bits per heavy atom. The smallest absolute Gasteiger partial charge is 0.267 e. The summed E-state index contributed by atoms with van der Waals surface area (Å²) in [5.41, 5.74) is 6.81. The molecule has 2 aromatic heterocycles. The number of hydrogen-bond acceptors (Lipinski definition) is 4. The van der Waals surface area contributed by atoms with Gasteiger partial charge in [0, 0.05) is 24.2 Å². The largest absolute Gasteiger partial charge is 0.364 e. The van der Waals surface area contributed by atoms with Gasteiger partial charge in [0.2, 0.25) is 5.95 Å². The number of amides is 1. The first-order valence-electron chi connectivity index (χ1n) is 7.91. The number of imidazole rings is 1. The third-order valence-corrected chi connectivity index (χ3v) is 4.32. The van der Waals surface area contributed by atoms with Crippen LogP contribution in [0, 0.1) is 0 Å². The Hall–Kier alpha value is -2.24. The number of aromatic nitrogens is 4. The van der Waals surface area contributed by atoms with Crippen LogP contribution in [0.4, 0.5) is 0 Å². The van der Waals surface area contributed by atoms with Gasteiger partial charge in [-0.2, -0.15) is 0 Å². The highest BCUT2D eigenvalue weighted by Crippen LogP contribution is 2.32. The Morgan fingerprint density at radius 3 is 2.55 bits per heavy atom. The molecular weight excluding hydrogens is 278 g/mol. The van der Waals surface area contributed by atoms with Gasteiger partial charge in [-0.15, -0.1) is 0 Å². The zero-order valence-electron chi connectivity index (χ0n) is 12.6. The number of nitrogens with zero attached hydrogens (tertiary/aromatic N) is 4. The van der Waals surface area contributed by atoms with Gasteiger partial charge in [0.1, 0.15) is 12.0 Å². The molecular formula is C16H21N5O. The van der Waals surface area contributed by atoms with Gasteiger partial charge in [-0.3, -0.25) is 9.36 Å². The Balaban J connectivity index is 1.94. The fraction of sp³-hybridized carbons (Fsp3) is 0.500. The van der Waals surface area contributed by atoms with E-state index in [9.17, 15) is 4.79 Å². The highest BCUT2D eigenvalue weighted by atomic mass is 16.1. The molecule has 0 radical (unpaired) electrons. The van der Waals surface area contributed by atoms with E-state index in [0.29, 0.717) is 17.6 Å². The van der Waals surface area contributed by atoms with Crippen molar-refractivity contribution in [3.05, 3.63) is 36.2 Å². The van der Waals surface area contributed by atoms with Crippen LogP contribution in [0.1, 0.15) is 66.9 Å². The molecule has 1 aliphatic rings. The fourth-order valence-electron chi connectivity index (χ4n) is 3.15. The van der Waals surface area contributed by atoms with Crippen LogP contribution >= 0.6 is 0 Å².